The molecule has 0 saturated carbocycles. The highest BCUT2D eigenvalue weighted by Crippen LogP contribution is 2.32. The van der Waals surface area contributed by atoms with Crippen LogP contribution in [0.25, 0.3) is 0 Å². The second-order valence-electron chi connectivity index (χ2n) is 5.09. The van der Waals surface area contributed by atoms with Crippen molar-refractivity contribution in [3.63, 3.8) is 0 Å². The number of hydrogen-bond donors (Lipinski definition) is 1. The van der Waals surface area contributed by atoms with Gasteiger partial charge in [-0.25, -0.2) is 9.97 Å². The molecule has 1 heterocycles. The number of benzene rings is 1. The molecule has 1 aromatic heterocycles. The number of nitrogens with zero attached hydrogens (tertiary/aromatic N) is 2. The molecule has 1 atom stereocenters. The Hall–Kier alpha value is -1.94. The van der Waals surface area contributed by atoms with Crippen molar-refractivity contribution in [1.82, 2.24) is 15.3 Å². The molecule has 0 fully saturated rings. The summed E-state index contributed by atoms with van der Waals surface area (Å²) in [5, 5.41) is 3.60. The summed E-state index contributed by atoms with van der Waals surface area (Å²) in [5.74, 6) is 0.945. The largest absolute Gasteiger partial charge is 0.497 e. The van der Waals surface area contributed by atoms with Crippen LogP contribution in [0.2, 0.25) is 0 Å². The smallest absolute Gasteiger partial charge is 0.119 e. The van der Waals surface area contributed by atoms with Gasteiger partial charge >= 0.3 is 0 Å². The molecule has 20 heavy (non-hydrogen) atoms. The van der Waals surface area contributed by atoms with Gasteiger partial charge < -0.3 is 10.1 Å². The maximum absolute atomic E-state index is 5.31. The fourth-order valence-electron chi connectivity index (χ4n) is 2.78. The van der Waals surface area contributed by atoms with E-state index in [1.165, 1.54) is 24.0 Å². The maximum Gasteiger partial charge on any atom is 0.119 e. The van der Waals surface area contributed by atoms with Gasteiger partial charge in [-0.2, -0.15) is 0 Å². The van der Waals surface area contributed by atoms with Crippen molar-refractivity contribution in [2.24, 2.45) is 0 Å². The van der Waals surface area contributed by atoms with Gasteiger partial charge in [0.2, 0.25) is 0 Å². The van der Waals surface area contributed by atoms with E-state index in [9.17, 15) is 0 Å². The average molecular weight is 269 g/mol. The predicted molar refractivity (Wildman–Crippen MR) is 77.5 cm³/mol. The number of aryl methyl sites for hydroxylation is 1. The predicted octanol–water partition coefficient (Wildman–Crippen LogP) is 2.65. The van der Waals surface area contributed by atoms with Gasteiger partial charge in [0.1, 0.15) is 12.1 Å². The molecule has 0 amide bonds. The van der Waals surface area contributed by atoms with Crippen LogP contribution in [0.5, 0.6) is 5.75 Å². The first-order valence-corrected chi connectivity index (χ1v) is 7.02. The maximum atomic E-state index is 5.31. The molecule has 4 heteroatoms. The summed E-state index contributed by atoms with van der Waals surface area (Å²) in [6.07, 6.45) is 6.89. The lowest BCUT2D eigenvalue weighted by atomic mass is 9.87. The number of aromatic nitrogens is 2. The Balaban J connectivity index is 1.73. The summed E-state index contributed by atoms with van der Waals surface area (Å²) < 4.78 is 5.31. The van der Waals surface area contributed by atoms with Crippen LogP contribution in [-0.4, -0.2) is 17.1 Å². The molecule has 4 nitrogen and oxygen atoms in total. The lowest BCUT2D eigenvalue weighted by Crippen LogP contribution is -2.25. The zero-order valence-electron chi connectivity index (χ0n) is 11.7. The van der Waals surface area contributed by atoms with Crippen molar-refractivity contribution in [1.29, 1.82) is 0 Å². The summed E-state index contributed by atoms with van der Waals surface area (Å²) >= 11 is 0. The van der Waals surface area contributed by atoms with Crippen LogP contribution >= 0.6 is 0 Å². The monoisotopic (exact) mass is 269 g/mol. The molecule has 1 aliphatic carbocycles. The van der Waals surface area contributed by atoms with E-state index in [0.29, 0.717) is 6.04 Å². The fourth-order valence-corrected chi connectivity index (χ4v) is 2.78. The number of ether oxygens (including phenoxy) is 1. The number of rotatable bonds is 4. The van der Waals surface area contributed by atoms with E-state index in [4.69, 9.17) is 4.74 Å². The van der Waals surface area contributed by atoms with Crippen LogP contribution < -0.4 is 10.1 Å². The Labute approximate surface area is 119 Å². The number of hydrogen-bond acceptors (Lipinski definition) is 4. The van der Waals surface area contributed by atoms with Crippen LogP contribution in [-0.2, 0) is 13.0 Å². The lowest BCUT2D eigenvalue weighted by Gasteiger charge is -2.26. The quantitative estimate of drug-likeness (QED) is 0.927. The van der Waals surface area contributed by atoms with E-state index >= 15 is 0 Å². The minimum Gasteiger partial charge on any atom is -0.497 e. The molecule has 1 N–H and O–H groups in total. The van der Waals surface area contributed by atoms with Gasteiger partial charge in [-0.3, -0.25) is 0 Å². The van der Waals surface area contributed by atoms with Crippen LogP contribution in [0.1, 0.15) is 35.7 Å². The third-order valence-corrected chi connectivity index (χ3v) is 3.84. The molecule has 0 aliphatic heterocycles. The SMILES string of the molecule is COc1ccc2c(c1)CCCC2NCc1ccncn1. The van der Waals surface area contributed by atoms with E-state index in [2.05, 4.69) is 27.4 Å². The molecule has 1 aromatic carbocycles. The van der Waals surface area contributed by atoms with Crippen molar-refractivity contribution in [3.8, 4) is 5.75 Å². The number of nitrogens with one attached hydrogen (secondary N) is 1. The molecular weight excluding hydrogens is 250 g/mol. The Morgan fingerprint density at radius 2 is 2.30 bits per heavy atom. The minimum atomic E-state index is 0.402. The van der Waals surface area contributed by atoms with Crippen LogP contribution in [0, 0.1) is 0 Å². The first-order chi connectivity index (χ1) is 9.86. The summed E-state index contributed by atoms with van der Waals surface area (Å²) in [5.41, 5.74) is 3.82. The fraction of sp³-hybridized carbons (Fsp3) is 0.375. The van der Waals surface area contributed by atoms with Gasteiger partial charge in [0.25, 0.3) is 0 Å². The van der Waals surface area contributed by atoms with Gasteiger partial charge in [-0.1, -0.05) is 6.07 Å². The van der Waals surface area contributed by atoms with Gasteiger partial charge in [-0.15, -0.1) is 0 Å². The van der Waals surface area contributed by atoms with Crippen LogP contribution in [0.4, 0.5) is 0 Å². The molecule has 104 valence electrons. The number of fused-ring (bicyclic) bond motifs is 1. The second kappa shape index (κ2) is 6.01. The lowest BCUT2D eigenvalue weighted by molar-refractivity contribution is 0.410. The van der Waals surface area contributed by atoms with E-state index < -0.39 is 0 Å². The van der Waals surface area contributed by atoms with Crippen molar-refractivity contribution in [2.75, 3.05) is 7.11 Å². The highest BCUT2D eigenvalue weighted by molar-refractivity contribution is 5.39. The minimum absolute atomic E-state index is 0.402. The Bertz CT molecular complexity index is 571. The third-order valence-electron chi connectivity index (χ3n) is 3.84. The zero-order chi connectivity index (χ0) is 13.8. The van der Waals surface area contributed by atoms with Gasteiger partial charge in [-0.05, 0) is 48.6 Å². The highest BCUT2D eigenvalue weighted by Gasteiger charge is 2.20. The van der Waals surface area contributed by atoms with E-state index in [-0.39, 0.29) is 0 Å². The van der Waals surface area contributed by atoms with Gasteiger partial charge in [0.05, 0.1) is 12.8 Å². The van der Waals surface area contributed by atoms with Crippen molar-refractivity contribution in [3.05, 3.63) is 53.6 Å². The first-order valence-electron chi connectivity index (χ1n) is 7.02. The molecule has 0 saturated heterocycles. The first kappa shape index (κ1) is 13.1. The molecular formula is C16H19N3O. The molecule has 0 bridgehead atoms. The highest BCUT2D eigenvalue weighted by atomic mass is 16.5. The summed E-state index contributed by atoms with van der Waals surface area (Å²) in [7, 11) is 1.72. The van der Waals surface area contributed by atoms with E-state index in [1.54, 1.807) is 19.6 Å². The van der Waals surface area contributed by atoms with Crippen molar-refractivity contribution in [2.45, 2.75) is 31.8 Å². The standard InChI is InChI=1S/C16H19N3O/c1-20-14-5-6-15-12(9-14)3-2-4-16(15)18-10-13-7-8-17-11-19-13/h5-9,11,16,18H,2-4,10H2,1H3. The number of methoxy groups -OCH3 is 1. The summed E-state index contributed by atoms with van der Waals surface area (Å²) in [6.45, 7) is 0.776. The van der Waals surface area contributed by atoms with Crippen molar-refractivity contribution >= 4 is 0 Å². The molecule has 3 rings (SSSR count). The van der Waals surface area contributed by atoms with Gasteiger partial charge in [0.15, 0.2) is 0 Å². The second-order valence-corrected chi connectivity index (χ2v) is 5.09. The molecule has 0 radical (unpaired) electrons. The van der Waals surface area contributed by atoms with Gasteiger partial charge in [0, 0.05) is 18.8 Å². The summed E-state index contributed by atoms with van der Waals surface area (Å²) in [6, 6.07) is 8.74. The third kappa shape index (κ3) is 2.80. The Morgan fingerprint density at radius 3 is 3.10 bits per heavy atom. The molecule has 1 aliphatic rings. The van der Waals surface area contributed by atoms with Crippen LogP contribution in [0.15, 0.2) is 36.8 Å². The summed E-state index contributed by atoms with van der Waals surface area (Å²) in [4.78, 5) is 8.20. The Kier molecular flexibility index (Phi) is 3.92. The molecule has 1 unspecified atom stereocenters. The topological polar surface area (TPSA) is 47.0 Å². The van der Waals surface area contributed by atoms with Crippen molar-refractivity contribution < 1.29 is 4.74 Å². The van der Waals surface area contributed by atoms with E-state index in [0.717, 1.165) is 24.4 Å². The molecule has 2 aromatic rings. The Morgan fingerprint density at radius 1 is 1.35 bits per heavy atom. The molecule has 0 spiro atoms. The van der Waals surface area contributed by atoms with Crippen LogP contribution in [0.3, 0.4) is 0 Å². The average Bonchev–Trinajstić information content (AvgIpc) is 2.53. The normalized spacial score (nSPS) is 17.6. The van der Waals surface area contributed by atoms with E-state index in [1.807, 2.05) is 12.1 Å². The zero-order valence-corrected chi connectivity index (χ0v) is 11.7.